The van der Waals surface area contributed by atoms with E-state index in [0.29, 0.717) is 5.56 Å². The number of hydrogen-bond donors (Lipinski definition) is 0. The summed E-state index contributed by atoms with van der Waals surface area (Å²) < 4.78 is 0. The topological polar surface area (TPSA) is 65.8 Å². The number of carbonyl (C=O) groups excluding carboxylic acids is 1. The molecule has 3 aromatic rings. The van der Waals surface area contributed by atoms with E-state index in [4.69, 9.17) is 5.53 Å². The minimum atomic E-state index is -0.558. The van der Waals surface area contributed by atoms with Crippen LogP contribution in [-0.4, -0.2) is 5.91 Å². The van der Waals surface area contributed by atoms with Gasteiger partial charge >= 0.3 is 0 Å². The molecule has 0 atom stereocenters. The number of azide groups is 1. The normalized spacial score (nSPS) is 10.3. The van der Waals surface area contributed by atoms with Crippen LogP contribution in [-0.2, 0) is 0 Å². The van der Waals surface area contributed by atoms with Crippen LogP contribution in [0.1, 0.15) is 10.4 Å². The van der Waals surface area contributed by atoms with Crippen molar-refractivity contribution >= 4 is 27.5 Å². The lowest BCUT2D eigenvalue weighted by atomic mass is 10.0. The number of benzene rings is 3. The van der Waals surface area contributed by atoms with E-state index in [-0.39, 0.29) is 0 Å². The van der Waals surface area contributed by atoms with Crippen molar-refractivity contribution in [2.75, 3.05) is 0 Å². The summed E-state index contributed by atoms with van der Waals surface area (Å²) in [7, 11) is 0. The molecule has 1 amide bonds. The van der Waals surface area contributed by atoms with Gasteiger partial charge in [-0.15, -0.1) is 0 Å². The van der Waals surface area contributed by atoms with E-state index in [9.17, 15) is 4.79 Å². The fourth-order valence-corrected chi connectivity index (χ4v) is 2.17. The first kappa shape index (κ1) is 11.3. The minimum Gasteiger partial charge on any atom is -0.287 e. The molecule has 3 rings (SSSR count). The van der Waals surface area contributed by atoms with Crippen LogP contribution in [0.15, 0.2) is 59.7 Å². The molecule has 19 heavy (non-hydrogen) atoms. The Balaban J connectivity index is 2.25. The van der Waals surface area contributed by atoms with Crippen molar-refractivity contribution in [3.05, 3.63) is 70.6 Å². The van der Waals surface area contributed by atoms with E-state index in [2.05, 4.69) is 16.1 Å². The molecule has 0 bridgehead atoms. The predicted octanol–water partition coefficient (Wildman–Crippen LogP) is 4.44. The van der Waals surface area contributed by atoms with Crippen LogP contribution in [0.4, 0.5) is 0 Å². The van der Waals surface area contributed by atoms with Gasteiger partial charge in [0.1, 0.15) is 0 Å². The summed E-state index contributed by atoms with van der Waals surface area (Å²) >= 11 is 0. The zero-order valence-corrected chi connectivity index (χ0v) is 9.95. The highest BCUT2D eigenvalue weighted by Gasteiger charge is 2.04. The number of amides is 1. The molecular formula is C15H9N3O. The van der Waals surface area contributed by atoms with Crippen LogP contribution in [0.3, 0.4) is 0 Å². The average Bonchev–Trinajstić information content (AvgIpc) is 2.44. The monoisotopic (exact) mass is 247 g/mol. The minimum absolute atomic E-state index is 0.403. The van der Waals surface area contributed by atoms with Gasteiger partial charge in [-0.2, -0.15) is 0 Å². The summed E-state index contributed by atoms with van der Waals surface area (Å²) in [6.07, 6.45) is 0. The zero-order valence-electron chi connectivity index (χ0n) is 9.95. The Kier molecular flexibility index (Phi) is 2.63. The highest BCUT2D eigenvalue weighted by atomic mass is 16.1. The van der Waals surface area contributed by atoms with Crippen LogP contribution in [0.2, 0.25) is 0 Å². The fourth-order valence-electron chi connectivity index (χ4n) is 2.17. The lowest BCUT2D eigenvalue weighted by Crippen LogP contribution is -1.92. The summed E-state index contributed by atoms with van der Waals surface area (Å²) in [4.78, 5) is 14.0. The molecule has 0 saturated carbocycles. The van der Waals surface area contributed by atoms with Crippen molar-refractivity contribution in [2.45, 2.75) is 0 Å². The van der Waals surface area contributed by atoms with Crippen LogP contribution >= 0.6 is 0 Å². The third-order valence-corrected chi connectivity index (χ3v) is 3.09. The van der Waals surface area contributed by atoms with Crippen LogP contribution < -0.4 is 0 Å². The second-order valence-electron chi connectivity index (χ2n) is 4.26. The van der Waals surface area contributed by atoms with Gasteiger partial charge < -0.3 is 0 Å². The molecule has 0 aliphatic heterocycles. The maximum atomic E-state index is 11.5. The Morgan fingerprint density at radius 1 is 0.895 bits per heavy atom. The number of hydrogen-bond acceptors (Lipinski definition) is 1. The van der Waals surface area contributed by atoms with Crippen molar-refractivity contribution in [3.8, 4) is 0 Å². The van der Waals surface area contributed by atoms with E-state index in [0.717, 1.165) is 21.5 Å². The van der Waals surface area contributed by atoms with Gasteiger partial charge in [0.25, 0.3) is 0 Å². The molecule has 90 valence electrons. The number of rotatable bonds is 1. The maximum Gasteiger partial charge on any atom is 0.249 e. The lowest BCUT2D eigenvalue weighted by molar-refractivity contribution is 0.100. The van der Waals surface area contributed by atoms with Crippen molar-refractivity contribution in [1.29, 1.82) is 0 Å². The Bertz CT molecular complexity index is 848. The molecule has 3 aromatic carbocycles. The van der Waals surface area contributed by atoms with E-state index in [1.807, 2.05) is 36.4 Å². The number of carbonyl (C=O) groups is 1. The molecule has 0 saturated heterocycles. The molecule has 0 fully saturated rings. The second kappa shape index (κ2) is 4.44. The quantitative estimate of drug-likeness (QED) is 0.271. The first-order chi connectivity index (χ1) is 9.28. The molecule has 4 heteroatoms. The Hall–Kier alpha value is -2.84. The van der Waals surface area contributed by atoms with Gasteiger partial charge in [0.2, 0.25) is 5.91 Å². The molecule has 0 aliphatic rings. The zero-order chi connectivity index (χ0) is 13.2. The molecule has 0 radical (unpaired) electrons. The SMILES string of the molecule is [N-]=[N+]=NC(=O)c1ccc2cc3ccccc3cc2c1. The van der Waals surface area contributed by atoms with E-state index in [1.165, 1.54) is 0 Å². The Morgan fingerprint density at radius 2 is 1.53 bits per heavy atom. The third kappa shape index (κ3) is 2.01. The fraction of sp³-hybridized carbons (Fsp3) is 0. The standard InChI is InChI=1S/C15H9N3O/c16-18-17-15(19)13-6-5-12-7-10-3-1-2-4-11(10)8-14(12)9-13/h1-9H. The van der Waals surface area contributed by atoms with E-state index >= 15 is 0 Å². The van der Waals surface area contributed by atoms with Crippen LogP contribution in [0.25, 0.3) is 32.0 Å². The maximum absolute atomic E-state index is 11.5. The summed E-state index contributed by atoms with van der Waals surface area (Å²) in [6.45, 7) is 0. The van der Waals surface area contributed by atoms with E-state index < -0.39 is 5.91 Å². The van der Waals surface area contributed by atoms with Gasteiger partial charge in [0.15, 0.2) is 0 Å². The summed E-state index contributed by atoms with van der Waals surface area (Å²) in [5.41, 5.74) is 8.69. The smallest absolute Gasteiger partial charge is 0.249 e. The molecule has 0 unspecified atom stereocenters. The molecular weight excluding hydrogens is 238 g/mol. The molecule has 0 spiro atoms. The van der Waals surface area contributed by atoms with Gasteiger partial charge in [0, 0.05) is 10.5 Å². The van der Waals surface area contributed by atoms with Gasteiger partial charge in [-0.25, -0.2) is 0 Å². The van der Waals surface area contributed by atoms with Crippen LogP contribution in [0, 0.1) is 0 Å². The highest BCUT2D eigenvalue weighted by Crippen LogP contribution is 2.23. The summed E-state index contributed by atoms with van der Waals surface area (Å²) in [5, 5.41) is 7.38. The third-order valence-electron chi connectivity index (χ3n) is 3.09. The lowest BCUT2D eigenvalue weighted by Gasteiger charge is -2.03. The van der Waals surface area contributed by atoms with Gasteiger partial charge in [-0.05, 0) is 50.4 Å². The van der Waals surface area contributed by atoms with Gasteiger partial charge in [-0.3, -0.25) is 4.79 Å². The Labute approximate surface area is 108 Å². The van der Waals surface area contributed by atoms with E-state index in [1.54, 1.807) is 12.1 Å². The second-order valence-corrected chi connectivity index (χ2v) is 4.26. The Morgan fingerprint density at radius 3 is 2.21 bits per heavy atom. The predicted molar refractivity (Wildman–Crippen MR) is 74.9 cm³/mol. The molecule has 0 N–H and O–H groups in total. The first-order valence-electron chi connectivity index (χ1n) is 5.80. The molecule has 4 nitrogen and oxygen atoms in total. The molecule has 0 aliphatic carbocycles. The van der Waals surface area contributed by atoms with Gasteiger partial charge in [-0.1, -0.05) is 36.4 Å². The van der Waals surface area contributed by atoms with Crippen molar-refractivity contribution in [1.82, 2.24) is 0 Å². The van der Waals surface area contributed by atoms with Crippen molar-refractivity contribution in [2.24, 2.45) is 5.11 Å². The number of nitrogens with zero attached hydrogens (tertiary/aromatic N) is 3. The highest BCUT2D eigenvalue weighted by molar-refractivity contribution is 6.03. The van der Waals surface area contributed by atoms with Gasteiger partial charge in [0.05, 0.1) is 0 Å². The first-order valence-corrected chi connectivity index (χ1v) is 5.80. The molecule has 0 heterocycles. The van der Waals surface area contributed by atoms with Crippen LogP contribution in [0.5, 0.6) is 0 Å². The largest absolute Gasteiger partial charge is 0.287 e. The number of fused-ring (bicyclic) bond motifs is 2. The summed E-state index contributed by atoms with van der Waals surface area (Å²) in [5.74, 6) is -0.558. The summed E-state index contributed by atoms with van der Waals surface area (Å²) in [6, 6.07) is 17.4. The van der Waals surface area contributed by atoms with Crippen molar-refractivity contribution in [3.63, 3.8) is 0 Å². The average molecular weight is 247 g/mol. The van der Waals surface area contributed by atoms with Crippen molar-refractivity contribution < 1.29 is 4.79 Å². The molecule has 0 aromatic heterocycles.